The summed E-state index contributed by atoms with van der Waals surface area (Å²) in [6.07, 6.45) is 0.520. The third kappa shape index (κ3) is 3.53. The van der Waals surface area contributed by atoms with Gasteiger partial charge < -0.3 is 9.84 Å². The Kier molecular flexibility index (Phi) is 4.69. The van der Waals surface area contributed by atoms with E-state index in [2.05, 4.69) is 0 Å². The van der Waals surface area contributed by atoms with E-state index in [9.17, 15) is 5.11 Å². The molecule has 1 N–H and O–H groups in total. The lowest BCUT2D eigenvalue weighted by atomic mass is 9.93. The minimum Gasteiger partial charge on any atom is -0.457 e. The highest BCUT2D eigenvalue weighted by Crippen LogP contribution is 2.29. The number of rotatable bonds is 5. The van der Waals surface area contributed by atoms with E-state index in [1.54, 1.807) is 6.92 Å². The quantitative estimate of drug-likeness (QED) is 0.814. The van der Waals surface area contributed by atoms with Crippen LogP contribution in [0, 0.1) is 6.92 Å². The number of alkyl halides is 1. The fraction of sp³-hybridized carbons (Fsp3) is 0.294. The lowest BCUT2D eigenvalue weighted by molar-refractivity contribution is 0.0540. The molecule has 2 aromatic carbocycles. The van der Waals surface area contributed by atoms with Gasteiger partial charge in [0.1, 0.15) is 11.5 Å². The molecule has 0 aliphatic heterocycles. The van der Waals surface area contributed by atoms with E-state index in [0.717, 1.165) is 22.6 Å². The maximum Gasteiger partial charge on any atom is 0.130 e. The number of halogens is 1. The van der Waals surface area contributed by atoms with Gasteiger partial charge in [0.25, 0.3) is 0 Å². The topological polar surface area (TPSA) is 29.5 Å². The van der Waals surface area contributed by atoms with Crippen molar-refractivity contribution in [2.24, 2.45) is 0 Å². The summed E-state index contributed by atoms with van der Waals surface area (Å²) in [5.41, 5.74) is 1.03. The first-order valence-electron chi connectivity index (χ1n) is 6.65. The van der Waals surface area contributed by atoms with Crippen LogP contribution in [0.15, 0.2) is 48.5 Å². The van der Waals surface area contributed by atoms with E-state index in [1.807, 2.05) is 55.5 Å². The van der Waals surface area contributed by atoms with Gasteiger partial charge in [0.05, 0.1) is 5.60 Å². The van der Waals surface area contributed by atoms with E-state index in [-0.39, 0.29) is 0 Å². The predicted molar refractivity (Wildman–Crippen MR) is 82.6 cm³/mol. The van der Waals surface area contributed by atoms with Crippen molar-refractivity contribution in [1.29, 1.82) is 0 Å². The van der Waals surface area contributed by atoms with Crippen molar-refractivity contribution >= 4 is 11.6 Å². The van der Waals surface area contributed by atoms with Crippen molar-refractivity contribution in [3.63, 3.8) is 0 Å². The molecule has 1 atom stereocenters. The average molecular weight is 291 g/mol. The molecule has 106 valence electrons. The molecule has 2 nitrogen and oxygen atoms in total. The summed E-state index contributed by atoms with van der Waals surface area (Å²) in [5.74, 6) is 2.02. The summed E-state index contributed by atoms with van der Waals surface area (Å²) >= 11 is 5.71. The van der Waals surface area contributed by atoms with Gasteiger partial charge >= 0.3 is 0 Å². The molecule has 0 amide bonds. The maximum atomic E-state index is 10.3. The molecule has 0 saturated heterocycles. The molecule has 3 heteroatoms. The second kappa shape index (κ2) is 6.29. The first-order valence-corrected chi connectivity index (χ1v) is 7.19. The molecule has 20 heavy (non-hydrogen) atoms. The van der Waals surface area contributed by atoms with Crippen molar-refractivity contribution in [1.82, 2.24) is 0 Å². The standard InChI is InChI=1S/C17H19ClO2/c1-13-5-3-4-6-16(13)20-15-9-7-14(8-10-15)17(2,19)11-12-18/h3-10,19H,11-12H2,1-2H3. The Morgan fingerprint density at radius 1 is 1.10 bits per heavy atom. The molecule has 0 bridgehead atoms. The molecule has 2 rings (SSSR count). The summed E-state index contributed by atoms with van der Waals surface area (Å²) in [6, 6.07) is 15.4. The minimum absolute atomic E-state index is 0.425. The van der Waals surface area contributed by atoms with Crippen LogP contribution in [-0.2, 0) is 5.60 Å². The number of hydrogen-bond donors (Lipinski definition) is 1. The van der Waals surface area contributed by atoms with E-state index in [0.29, 0.717) is 12.3 Å². The Morgan fingerprint density at radius 3 is 2.35 bits per heavy atom. The number of aryl methyl sites for hydroxylation is 1. The van der Waals surface area contributed by atoms with E-state index in [1.165, 1.54) is 0 Å². The second-order valence-electron chi connectivity index (χ2n) is 5.10. The van der Waals surface area contributed by atoms with Gasteiger partial charge in [0.15, 0.2) is 0 Å². The summed E-state index contributed by atoms with van der Waals surface area (Å²) < 4.78 is 5.83. The zero-order valence-corrected chi connectivity index (χ0v) is 12.5. The van der Waals surface area contributed by atoms with Crippen LogP contribution in [0.3, 0.4) is 0 Å². The normalized spacial score (nSPS) is 13.8. The van der Waals surface area contributed by atoms with Gasteiger partial charge in [0.2, 0.25) is 0 Å². The zero-order chi connectivity index (χ0) is 14.6. The van der Waals surface area contributed by atoms with Gasteiger partial charge in [-0.2, -0.15) is 0 Å². The lowest BCUT2D eigenvalue weighted by Crippen LogP contribution is -2.21. The number of benzene rings is 2. The summed E-state index contributed by atoms with van der Waals surface area (Å²) in [6.45, 7) is 3.78. The monoisotopic (exact) mass is 290 g/mol. The van der Waals surface area contributed by atoms with Crippen molar-refractivity contribution in [3.8, 4) is 11.5 Å². The molecule has 0 fully saturated rings. The average Bonchev–Trinajstić information content (AvgIpc) is 2.42. The molecular weight excluding hydrogens is 272 g/mol. The minimum atomic E-state index is -0.900. The van der Waals surface area contributed by atoms with Crippen molar-refractivity contribution in [2.75, 3.05) is 5.88 Å². The highest BCUT2D eigenvalue weighted by Gasteiger charge is 2.21. The van der Waals surface area contributed by atoms with E-state index in [4.69, 9.17) is 16.3 Å². The van der Waals surface area contributed by atoms with Crippen LogP contribution in [0.5, 0.6) is 11.5 Å². The largest absolute Gasteiger partial charge is 0.457 e. The van der Waals surface area contributed by atoms with Gasteiger partial charge in [-0.25, -0.2) is 0 Å². The Morgan fingerprint density at radius 2 is 1.75 bits per heavy atom. The SMILES string of the molecule is Cc1ccccc1Oc1ccc(C(C)(O)CCCl)cc1. The smallest absolute Gasteiger partial charge is 0.130 e. The molecule has 2 aromatic rings. The van der Waals surface area contributed by atoms with Crippen LogP contribution >= 0.6 is 11.6 Å². The Labute approximate surface area is 125 Å². The van der Waals surface area contributed by atoms with Gasteiger partial charge in [-0.05, 0) is 49.6 Å². The van der Waals surface area contributed by atoms with Crippen LogP contribution < -0.4 is 4.74 Å². The zero-order valence-electron chi connectivity index (χ0n) is 11.8. The molecule has 0 radical (unpaired) electrons. The van der Waals surface area contributed by atoms with Gasteiger partial charge in [-0.3, -0.25) is 0 Å². The van der Waals surface area contributed by atoms with Crippen LogP contribution in [0.4, 0.5) is 0 Å². The number of hydrogen-bond acceptors (Lipinski definition) is 2. The van der Waals surface area contributed by atoms with Crippen LogP contribution in [0.1, 0.15) is 24.5 Å². The Bertz CT molecular complexity index is 561. The van der Waals surface area contributed by atoms with Crippen LogP contribution in [0.2, 0.25) is 0 Å². The van der Waals surface area contributed by atoms with Crippen molar-refractivity contribution in [3.05, 3.63) is 59.7 Å². The maximum absolute atomic E-state index is 10.3. The predicted octanol–water partition coefficient (Wildman–Crippen LogP) is 4.62. The van der Waals surface area contributed by atoms with Gasteiger partial charge in [0, 0.05) is 5.88 Å². The van der Waals surface area contributed by atoms with Gasteiger partial charge in [-0.1, -0.05) is 30.3 Å². The third-order valence-corrected chi connectivity index (χ3v) is 3.57. The van der Waals surface area contributed by atoms with E-state index < -0.39 is 5.60 Å². The Hall–Kier alpha value is -1.51. The lowest BCUT2D eigenvalue weighted by Gasteiger charge is -2.23. The summed E-state index contributed by atoms with van der Waals surface area (Å²) in [4.78, 5) is 0. The summed E-state index contributed by atoms with van der Waals surface area (Å²) in [5, 5.41) is 10.3. The fourth-order valence-corrected chi connectivity index (χ4v) is 2.38. The molecule has 0 aromatic heterocycles. The van der Waals surface area contributed by atoms with Crippen molar-refractivity contribution < 1.29 is 9.84 Å². The second-order valence-corrected chi connectivity index (χ2v) is 5.48. The highest BCUT2D eigenvalue weighted by atomic mass is 35.5. The molecule has 0 aliphatic carbocycles. The molecule has 0 spiro atoms. The van der Waals surface area contributed by atoms with E-state index >= 15 is 0 Å². The first-order chi connectivity index (χ1) is 9.53. The molecule has 0 aliphatic rings. The molecule has 1 unspecified atom stereocenters. The third-order valence-electron chi connectivity index (χ3n) is 3.38. The summed E-state index contributed by atoms with van der Waals surface area (Å²) in [7, 11) is 0. The number of aliphatic hydroxyl groups is 1. The molecule has 0 saturated carbocycles. The van der Waals surface area contributed by atoms with Gasteiger partial charge in [-0.15, -0.1) is 11.6 Å². The Balaban J connectivity index is 2.15. The highest BCUT2D eigenvalue weighted by molar-refractivity contribution is 6.17. The molecular formula is C17H19ClO2. The van der Waals surface area contributed by atoms with Crippen LogP contribution in [-0.4, -0.2) is 11.0 Å². The molecule has 0 heterocycles. The first kappa shape index (κ1) is 14.9. The number of para-hydroxylation sites is 1. The number of ether oxygens (including phenoxy) is 1. The van der Waals surface area contributed by atoms with Crippen LogP contribution in [0.25, 0.3) is 0 Å². The van der Waals surface area contributed by atoms with Crippen molar-refractivity contribution in [2.45, 2.75) is 25.9 Å². The fourth-order valence-electron chi connectivity index (χ4n) is 2.01.